The van der Waals surface area contributed by atoms with Crippen molar-refractivity contribution in [2.45, 2.75) is 19.9 Å². The van der Waals surface area contributed by atoms with Crippen molar-refractivity contribution >= 4 is 23.2 Å². The normalized spacial score (nSPS) is 11.3. The lowest BCUT2D eigenvalue weighted by Crippen LogP contribution is -2.38. The van der Waals surface area contributed by atoms with Crippen LogP contribution in [0.1, 0.15) is 18.1 Å². The molecule has 0 amide bonds. The Morgan fingerprint density at radius 3 is 2.52 bits per heavy atom. The molecular formula is C20H28ClN5O. The molecule has 0 saturated heterocycles. The van der Waals surface area contributed by atoms with Gasteiger partial charge in [0.1, 0.15) is 5.15 Å². The van der Waals surface area contributed by atoms with E-state index in [1.165, 1.54) is 0 Å². The number of rotatable bonds is 10. The maximum atomic E-state index is 5.81. The van der Waals surface area contributed by atoms with Crippen LogP contribution in [0.5, 0.6) is 0 Å². The summed E-state index contributed by atoms with van der Waals surface area (Å²) in [4.78, 5) is 8.75. The predicted molar refractivity (Wildman–Crippen MR) is 113 cm³/mol. The first-order valence-electron chi connectivity index (χ1n) is 9.15. The number of methoxy groups -OCH3 is 1. The van der Waals surface area contributed by atoms with Crippen LogP contribution >= 0.6 is 11.6 Å². The lowest BCUT2D eigenvalue weighted by Gasteiger charge is -2.11. The zero-order valence-corrected chi connectivity index (χ0v) is 16.7. The van der Waals surface area contributed by atoms with Crippen LogP contribution in [0.3, 0.4) is 0 Å². The highest BCUT2D eigenvalue weighted by molar-refractivity contribution is 6.29. The largest absolute Gasteiger partial charge is 0.383 e. The summed E-state index contributed by atoms with van der Waals surface area (Å²) in [7, 11) is 1.70. The molecule has 1 heterocycles. The molecule has 146 valence electrons. The Hall–Kier alpha value is -2.31. The summed E-state index contributed by atoms with van der Waals surface area (Å²) in [5, 5.41) is 10.4. The van der Waals surface area contributed by atoms with Crippen molar-refractivity contribution in [3.8, 4) is 0 Å². The van der Waals surface area contributed by atoms with Crippen LogP contribution in [-0.2, 0) is 17.7 Å². The minimum atomic E-state index is 0.515. The maximum Gasteiger partial charge on any atom is 0.191 e. The van der Waals surface area contributed by atoms with Crippen molar-refractivity contribution in [3.63, 3.8) is 0 Å². The number of guanidine groups is 1. The molecule has 27 heavy (non-hydrogen) atoms. The lowest BCUT2D eigenvalue weighted by molar-refractivity contribution is 0.211. The minimum Gasteiger partial charge on any atom is -0.383 e. The van der Waals surface area contributed by atoms with Gasteiger partial charge >= 0.3 is 0 Å². The van der Waals surface area contributed by atoms with Gasteiger partial charge in [0.25, 0.3) is 0 Å². The molecule has 1 aromatic carbocycles. The number of aromatic nitrogens is 1. The maximum absolute atomic E-state index is 5.81. The van der Waals surface area contributed by atoms with Gasteiger partial charge in [-0.05, 0) is 42.7 Å². The third-order valence-electron chi connectivity index (χ3n) is 3.85. The Labute approximate surface area is 166 Å². The summed E-state index contributed by atoms with van der Waals surface area (Å²) in [6.45, 7) is 5.76. The van der Waals surface area contributed by atoms with Gasteiger partial charge < -0.3 is 20.7 Å². The van der Waals surface area contributed by atoms with Crippen LogP contribution in [-0.4, -0.2) is 44.3 Å². The molecule has 7 heteroatoms. The second-order valence-electron chi connectivity index (χ2n) is 5.98. The molecule has 0 aliphatic heterocycles. The first-order valence-corrected chi connectivity index (χ1v) is 9.53. The summed E-state index contributed by atoms with van der Waals surface area (Å²) in [5.41, 5.74) is 3.38. The highest BCUT2D eigenvalue weighted by Crippen LogP contribution is 2.10. The van der Waals surface area contributed by atoms with Crippen LogP contribution in [0.15, 0.2) is 47.6 Å². The molecule has 6 nitrogen and oxygen atoms in total. The second-order valence-corrected chi connectivity index (χ2v) is 6.36. The Kier molecular flexibility index (Phi) is 9.44. The Bertz CT molecular complexity index is 689. The highest BCUT2D eigenvalue weighted by atomic mass is 35.5. The standard InChI is InChI=1S/C20H28ClN5O/c1-3-22-20(24-11-10-17-6-9-19(21)25-14-17)26-15-16-4-7-18(8-5-16)23-12-13-27-2/h4-9,14,23H,3,10-13,15H2,1-2H3,(H2,22,24,26). The molecule has 0 spiro atoms. The third kappa shape index (κ3) is 8.28. The molecule has 1 aromatic heterocycles. The van der Waals surface area contributed by atoms with Gasteiger partial charge in [0.2, 0.25) is 0 Å². The molecule has 2 rings (SSSR count). The number of ether oxygens (including phenoxy) is 1. The van der Waals surface area contributed by atoms with Crippen LogP contribution in [0, 0.1) is 0 Å². The summed E-state index contributed by atoms with van der Waals surface area (Å²) in [6.07, 6.45) is 2.66. The van der Waals surface area contributed by atoms with Crippen molar-refractivity contribution in [3.05, 3.63) is 58.9 Å². The lowest BCUT2D eigenvalue weighted by atomic mass is 10.2. The fourth-order valence-electron chi connectivity index (χ4n) is 2.42. The smallest absolute Gasteiger partial charge is 0.191 e. The summed E-state index contributed by atoms with van der Waals surface area (Å²) in [6, 6.07) is 12.1. The topological polar surface area (TPSA) is 70.6 Å². The Morgan fingerprint density at radius 2 is 1.85 bits per heavy atom. The molecule has 2 aromatic rings. The molecule has 0 aliphatic carbocycles. The van der Waals surface area contributed by atoms with Crippen molar-refractivity contribution in [1.82, 2.24) is 15.6 Å². The number of anilines is 1. The second kappa shape index (κ2) is 12.1. The summed E-state index contributed by atoms with van der Waals surface area (Å²) >= 11 is 5.81. The van der Waals surface area contributed by atoms with E-state index in [-0.39, 0.29) is 0 Å². The predicted octanol–water partition coefficient (Wildman–Crippen LogP) is 3.09. The van der Waals surface area contributed by atoms with Crippen LogP contribution in [0.2, 0.25) is 5.15 Å². The monoisotopic (exact) mass is 389 g/mol. The van der Waals surface area contributed by atoms with E-state index in [9.17, 15) is 0 Å². The number of nitrogens with zero attached hydrogens (tertiary/aromatic N) is 2. The molecule has 0 aliphatic rings. The first-order chi connectivity index (χ1) is 13.2. The fraction of sp³-hybridized carbons (Fsp3) is 0.400. The van der Waals surface area contributed by atoms with Crippen molar-refractivity contribution < 1.29 is 4.74 Å². The summed E-state index contributed by atoms with van der Waals surface area (Å²) in [5.74, 6) is 0.807. The number of pyridine rings is 1. The average molecular weight is 390 g/mol. The fourth-order valence-corrected chi connectivity index (χ4v) is 2.53. The van der Waals surface area contributed by atoms with Gasteiger partial charge in [-0.3, -0.25) is 0 Å². The number of aliphatic imine (C=N–C) groups is 1. The van der Waals surface area contributed by atoms with Crippen LogP contribution < -0.4 is 16.0 Å². The zero-order valence-electron chi connectivity index (χ0n) is 16.0. The van der Waals surface area contributed by atoms with Crippen molar-refractivity contribution in [2.75, 3.05) is 38.7 Å². The van der Waals surface area contributed by atoms with Gasteiger partial charge in [-0.25, -0.2) is 9.98 Å². The van der Waals surface area contributed by atoms with Crippen molar-refractivity contribution in [1.29, 1.82) is 0 Å². The highest BCUT2D eigenvalue weighted by Gasteiger charge is 2.00. The summed E-state index contributed by atoms with van der Waals surface area (Å²) < 4.78 is 5.04. The Morgan fingerprint density at radius 1 is 1.07 bits per heavy atom. The quantitative estimate of drug-likeness (QED) is 0.252. The molecule has 3 N–H and O–H groups in total. The molecular weight excluding hydrogens is 362 g/mol. The number of hydrogen-bond acceptors (Lipinski definition) is 4. The molecule has 0 bridgehead atoms. The molecule has 0 radical (unpaired) electrons. The van der Waals surface area contributed by atoms with Gasteiger partial charge in [-0.2, -0.15) is 0 Å². The van der Waals surface area contributed by atoms with Gasteiger partial charge in [0.15, 0.2) is 5.96 Å². The van der Waals surface area contributed by atoms with Gasteiger partial charge in [0, 0.05) is 38.6 Å². The van der Waals surface area contributed by atoms with E-state index in [4.69, 9.17) is 16.3 Å². The minimum absolute atomic E-state index is 0.515. The van der Waals surface area contributed by atoms with E-state index in [1.807, 2.05) is 12.1 Å². The van der Waals surface area contributed by atoms with Crippen LogP contribution in [0.25, 0.3) is 0 Å². The average Bonchev–Trinajstić information content (AvgIpc) is 2.69. The first kappa shape index (κ1) is 21.0. The van der Waals surface area contributed by atoms with E-state index in [0.717, 1.165) is 48.8 Å². The zero-order chi connectivity index (χ0) is 19.3. The van der Waals surface area contributed by atoms with E-state index in [1.54, 1.807) is 13.3 Å². The van der Waals surface area contributed by atoms with Crippen molar-refractivity contribution in [2.24, 2.45) is 4.99 Å². The van der Waals surface area contributed by atoms with Gasteiger partial charge in [-0.15, -0.1) is 0 Å². The van der Waals surface area contributed by atoms with E-state index in [0.29, 0.717) is 18.3 Å². The SMILES string of the molecule is CCNC(=NCc1ccc(NCCOC)cc1)NCCc1ccc(Cl)nc1. The third-order valence-corrected chi connectivity index (χ3v) is 4.07. The van der Waals surface area contributed by atoms with Gasteiger partial charge in [0.05, 0.1) is 13.2 Å². The van der Waals surface area contributed by atoms with Gasteiger partial charge in [-0.1, -0.05) is 29.8 Å². The van der Waals surface area contributed by atoms with E-state index >= 15 is 0 Å². The molecule has 0 fully saturated rings. The molecule has 0 unspecified atom stereocenters. The van der Waals surface area contributed by atoms with Crippen LogP contribution in [0.4, 0.5) is 5.69 Å². The van der Waals surface area contributed by atoms with E-state index < -0.39 is 0 Å². The molecule has 0 saturated carbocycles. The number of hydrogen-bond donors (Lipinski definition) is 3. The molecule has 0 atom stereocenters. The number of nitrogens with one attached hydrogen (secondary N) is 3. The number of halogens is 1. The number of benzene rings is 1. The van der Waals surface area contributed by atoms with E-state index in [2.05, 4.69) is 57.1 Å². The Balaban J connectivity index is 1.82.